The normalized spacial score (nSPS) is 18.2. The Bertz CT molecular complexity index is 288. The zero-order chi connectivity index (χ0) is 12.0. The molecule has 1 aliphatic rings. The molecule has 1 aliphatic heterocycles. The Morgan fingerprint density at radius 3 is 2.44 bits per heavy atom. The Morgan fingerprint density at radius 2 is 1.88 bits per heavy atom. The Morgan fingerprint density at radius 1 is 1.25 bits per heavy atom. The van der Waals surface area contributed by atoms with Crippen LogP contribution in [-0.2, 0) is 18.3 Å². The van der Waals surface area contributed by atoms with Crippen molar-refractivity contribution in [2.24, 2.45) is 0 Å². The molecule has 0 aromatic carbocycles. The van der Waals surface area contributed by atoms with Crippen LogP contribution in [0.2, 0.25) is 0 Å². The molecule has 4 nitrogen and oxygen atoms in total. The highest BCUT2D eigenvalue weighted by molar-refractivity contribution is 7.58. The van der Waals surface area contributed by atoms with E-state index in [1.165, 1.54) is 0 Å². The molecule has 5 heteroatoms. The second-order valence-corrected chi connectivity index (χ2v) is 5.69. The van der Waals surface area contributed by atoms with Crippen LogP contribution in [0.3, 0.4) is 0 Å². The van der Waals surface area contributed by atoms with Gasteiger partial charge in [0.2, 0.25) is 0 Å². The van der Waals surface area contributed by atoms with Crippen LogP contribution in [0.4, 0.5) is 0 Å². The molecule has 0 unspecified atom stereocenters. The summed E-state index contributed by atoms with van der Waals surface area (Å²) >= 11 is 0. The Kier molecular flexibility index (Phi) is 5.53. The average Bonchev–Trinajstić information content (AvgIpc) is 2.44. The molecule has 0 radical (unpaired) electrons. The number of hydrogen-bond donors (Lipinski definition) is 0. The van der Waals surface area contributed by atoms with E-state index in [1.807, 2.05) is 20.8 Å². The number of ether oxygens (including phenoxy) is 1. The SMILES string of the molecule is CCOP(=O)(OCC)C1=C(C)OCCCC1. The van der Waals surface area contributed by atoms with Crippen LogP contribution in [0, 0.1) is 0 Å². The van der Waals surface area contributed by atoms with Crippen LogP contribution in [0.5, 0.6) is 0 Å². The van der Waals surface area contributed by atoms with Crippen LogP contribution in [0.25, 0.3) is 0 Å². The Labute approximate surface area is 97.5 Å². The van der Waals surface area contributed by atoms with Crippen molar-refractivity contribution in [2.75, 3.05) is 19.8 Å². The standard InChI is InChI=1S/C11H21O4P/c1-4-14-16(12,15-5-2)11-8-6-7-9-13-10(11)3/h4-9H2,1-3H3. The molecule has 0 amide bonds. The van der Waals surface area contributed by atoms with Crippen LogP contribution < -0.4 is 0 Å². The van der Waals surface area contributed by atoms with E-state index >= 15 is 0 Å². The summed E-state index contributed by atoms with van der Waals surface area (Å²) in [6.45, 7) is 6.93. The third-order valence-electron chi connectivity index (χ3n) is 2.46. The van der Waals surface area contributed by atoms with Crippen molar-refractivity contribution in [3.8, 4) is 0 Å². The topological polar surface area (TPSA) is 44.8 Å². The molecule has 0 aromatic heterocycles. The van der Waals surface area contributed by atoms with Gasteiger partial charge < -0.3 is 13.8 Å². The summed E-state index contributed by atoms with van der Waals surface area (Å²) in [6, 6.07) is 0. The summed E-state index contributed by atoms with van der Waals surface area (Å²) in [5.74, 6) is 0.711. The quantitative estimate of drug-likeness (QED) is 0.696. The molecular weight excluding hydrogens is 227 g/mol. The monoisotopic (exact) mass is 248 g/mol. The maximum atomic E-state index is 12.5. The average molecular weight is 248 g/mol. The van der Waals surface area contributed by atoms with E-state index in [9.17, 15) is 4.57 Å². The molecule has 0 saturated carbocycles. The van der Waals surface area contributed by atoms with Gasteiger partial charge in [0.15, 0.2) is 0 Å². The van der Waals surface area contributed by atoms with Gasteiger partial charge in [-0.25, -0.2) is 0 Å². The highest BCUT2D eigenvalue weighted by Gasteiger charge is 2.32. The third-order valence-corrected chi connectivity index (χ3v) is 4.86. The van der Waals surface area contributed by atoms with E-state index in [2.05, 4.69) is 0 Å². The van der Waals surface area contributed by atoms with Gasteiger partial charge >= 0.3 is 7.60 Å². The summed E-state index contributed by atoms with van der Waals surface area (Å²) in [6.07, 6.45) is 2.69. The molecule has 0 spiro atoms. The fourth-order valence-corrected chi connectivity index (χ4v) is 3.69. The van der Waals surface area contributed by atoms with Crippen LogP contribution in [-0.4, -0.2) is 19.8 Å². The van der Waals surface area contributed by atoms with Crippen molar-refractivity contribution in [2.45, 2.75) is 40.0 Å². The van der Waals surface area contributed by atoms with Gasteiger partial charge in [0.25, 0.3) is 0 Å². The van der Waals surface area contributed by atoms with Crippen molar-refractivity contribution in [1.82, 2.24) is 0 Å². The fraction of sp³-hybridized carbons (Fsp3) is 0.818. The third kappa shape index (κ3) is 3.34. The predicted octanol–water partition coefficient (Wildman–Crippen LogP) is 3.68. The molecule has 0 aliphatic carbocycles. The fourth-order valence-electron chi connectivity index (χ4n) is 1.74. The molecule has 0 fully saturated rings. The van der Waals surface area contributed by atoms with Crippen molar-refractivity contribution in [3.63, 3.8) is 0 Å². The van der Waals surface area contributed by atoms with E-state index in [4.69, 9.17) is 13.8 Å². The predicted molar refractivity (Wildman–Crippen MR) is 63.4 cm³/mol. The van der Waals surface area contributed by atoms with Gasteiger partial charge in [-0.3, -0.25) is 4.57 Å². The van der Waals surface area contributed by atoms with Crippen molar-refractivity contribution < 1.29 is 18.3 Å². The largest absolute Gasteiger partial charge is 0.498 e. The van der Waals surface area contributed by atoms with Gasteiger partial charge in [0.05, 0.1) is 25.1 Å². The second kappa shape index (κ2) is 6.43. The lowest BCUT2D eigenvalue weighted by molar-refractivity contribution is 0.207. The molecule has 16 heavy (non-hydrogen) atoms. The van der Waals surface area contributed by atoms with Gasteiger partial charge in [0, 0.05) is 0 Å². The maximum Gasteiger partial charge on any atom is 0.360 e. The first-order valence-electron chi connectivity index (χ1n) is 5.86. The molecule has 0 atom stereocenters. The molecular formula is C11H21O4P. The van der Waals surface area contributed by atoms with Gasteiger partial charge in [-0.1, -0.05) is 0 Å². The first kappa shape index (κ1) is 13.8. The van der Waals surface area contributed by atoms with Crippen LogP contribution in [0.1, 0.15) is 40.0 Å². The number of allylic oxidation sites excluding steroid dienone is 2. The second-order valence-electron chi connectivity index (χ2n) is 3.64. The minimum Gasteiger partial charge on any atom is -0.498 e. The van der Waals surface area contributed by atoms with Gasteiger partial charge in [-0.05, 0) is 40.0 Å². The molecule has 0 aromatic rings. The minimum absolute atomic E-state index is 0.383. The first-order chi connectivity index (χ1) is 7.64. The molecule has 0 bridgehead atoms. The van der Waals surface area contributed by atoms with Crippen LogP contribution in [0.15, 0.2) is 11.1 Å². The van der Waals surface area contributed by atoms with Gasteiger partial charge in [0.1, 0.15) is 5.76 Å². The lowest BCUT2D eigenvalue weighted by Crippen LogP contribution is -2.01. The maximum absolute atomic E-state index is 12.5. The highest BCUT2D eigenvalue weighted by Crippen LogP contribution is 2.59. The van der Waals surface area contributed by atoms with Crippen molar-refractivity contribution in [1.29, 1.82) is 0 Å². The minimum atomic E-state index is -3.12. The number of hydrogen-bond acceptors (Lipinski definition) is 4. The Hall–Kier alpha value is -0.310. The van der Waals surface area contributed by atoms with E-state index in [1.54, 1.807) is 0 Å². The zero-order valence-corrected chi connectivity index (χ0v) is 11.2. The summed E-state index contributed by atoms with van der Waals surface area (Å²) in [7, 11) is -3.12. The first-order valence-corrected chi connectivity index (χ1v) is 7.40. The molecule has 0 saturated heterocycles. The molecule has 1 heterocycles. The lowest BCUT2D eigenvalue weighted by atomic mass is 10.2. The van der Waals surface area contributed by atoms with Gasteiger partial charge in [-0.15, -0.1) is 0 Å². The molecule has 0 N–H and O–H groups in total. The highest BCUT2D eigenvalue weighted by atomic mass is 31.2. The van der Waals surface area contributed by atoms with E-state index in [0.717, 1.165) is 19.3 Å². The van der Waals surface area contributed by atoms with E-state index in [-0.39, 0.29) is 0 Å². The van der Waals surface area contributed by atoms with Crippen LogP contribution >= 0.6 is 7.60 Å². The summed E-state index contributed by atoms with van der Waals surface area (Å²) in [5.41, 5.74) is 0. The lowest BCUT2D eigenvalue weighted by Gasteiger charge is -2.20. The van der Waals surface area contributed by atoms with Gasteiger partial charge in [-0.2, -0.15) is 0 Å². The smallest absolute Gasteiger partial charge is 0.360 e. The Balaban J connectivity index is 2.94. The molecule has 1 rings (SSSR count). The summed E-state index contributed by atoms with van der Waals surface area (Å²) in [5, 5.41) is 0.716. The zero-order valence-electron chi connectivity index (χ0n) is 10.3. The van der Waals surface area contributed by atoms with Crippen molar-refractivity contribution in [3.05, 3.63) is 11.1 Å². The van der Waals surface area contributed by atoms with Crippen molar-refractivity contribution >= 4 is 7.60 Å². The van der Waals surface area contributed by atoms with E-state index < -0.39 is 7.60 Å². The summed E-state index contributed by atoms with van der Waals surface area (Å²) < 4.78 is 28.7. The number of rotatable bonds is 5. The van der Waals surface area contributed by atoms with E-state index in [0.29, 0.717) is 30.9 Å². The molecule has 94 valence electrons. The summed E-state index contributed by atoms with van der Waals surface area (Å²) in [4.78, 5) is 0.